The Labute approximate surface area is 94.9 Å². The van der Waals surface area contributed by atoms with Gasteiger partial charge in [-0.25, -0.2) is 4.98 Å². The number of ether oxygens (including phenoxy) is 1. The molecule has 0 bridgehead atoms. The summed E-state index contributed by atoms with van der Waals surface area (Å²) in [5.74, 6) is 0. The van der Waals surface area contributed by atoms with Crippen LogP contribution in [-0.2, 0) is 11.2 Å². The van der Waals surface area contributed by atoms with Gasteiger partial charge in [-0.3, -0.25) is 0 Å². The molecule has 0 aromatic carbocycles. The average molecular weight is 226 g/mol. The van der Waals surface area contributed by atoms with Crippen molar-refractivity contribution in [2.24, 2.45) is 0 Å². The van der Waals surface area contributed by atoms with Crippen molar-refractivity contribution in [2.75, 3.05) is 13.2 Å². The fraction of sp³-hybridized carbons (Fsp3) is 0.727. The van der Waals surface area contributed by atoms with Gasteiger partial charge in [0.1, 0.15) is 0 Å². The molecule has 1 aliphatic rings. The van der Waals surface area contributed by atoms with Crippen molar-refractivity contribution in [3.63, 3.8) is 0 Å². The number of hydrogen-bond donors (Lipinski definition) is 1. The van der Waals surface area contributed by atoms with Gasteiger partial charge >= 0.3 is 0 Å². The van der Waals surface area contributed by atoms with E-state index in [4.69, 9.17) is 4.74 Å². The molecule has 0 amide bonds. The molecule has 0 spiro atoms. The standard InChI is InChI=1S/C11H18N2OS/c1-2-12-9(10-4-3-6-14-10)8-11-13-5-7-15-11/h5,7,9-10,12H,2-4,6,8H2,1H3. The molecule has 0 radical (unpaired) electrons. The SMILES string of the molecule is CCNC(Cc1nccs1)C1CCCO1. The van der Waals surface area contributed by atoms with Gasteiger partial charge in [0.15, 0.2) is 0 Å². The average Bonchev–Trinajstić information content (AvgIpc) is 2.89. The molecular formula is C11H18N2OS. The predicted molar refractivity (Wildman–Crippen MR) is 62.3 cm³/mol. The van der Waals surface area contributed by atoms with Gasteiger partial charge < -0.3 is 10.1 Å². The number of aromatic nitrogens is 1. The van der Waals surface area contributed by atoms with Crippen LogP contribution >= 0.6 is 11.3 Å². The number of likely N-dealkylation sites (N-methyl/N-ethyl adjacent to an activating group) is 1. The van der Waals surface area contributed by atoms with Gasteiger partial charge in [-0.15, -0.1) is 11.3 Å². The summed E-state index contributed by atoms with van der Waals surface area (Å²) in [6.45, 7) is 4.06. The van der Waals surface area contributed by atoms with Crippen molar-refractivity contribution < 1.29 is 4.74 Å². The van der Waals surface area contributed by atoms with E-state index in [1.54, 1.807) is 11.3 Å². The second kappa shape index (κ2) is 5.58. The highest BCUT2D eigenvalue weighted by molar-refractivity contribution is 7.09. The quantitative estimate of drug-likeness (QED) is 0.832. The highest BCUT2D eigenvalue weighted by Crippen LogP contribution is 2.19. The Kier molecular flexibility index (Phi) is 4.11. The van der Waals surface area contributed by atoms with Crippen molar-refractivity contribution in [1.82, 2.24) is 10.3 Å². The van der Waals surface area contributed by atoms with E-state index in [9.17, 15) is 0 Å². The zero-order valence-electron chi connectivity index (χ0n) is 9.11. The molecule has 4 heteroatoms. The summed E-state index contributed by atoms with van der Waals surface area (Å²) in [4.78, 5) is 4.33. The summed E-state index contributed by atoms with van der Waals surface area (Å²) in [5, 5.41) is 6.75. The maximum atomic E-state index is 5.73. The molecule has 15 heavy (non-hydrogen) atoms. The van der Waals surface area contributed by atoms with Gasteiger partial charge in [0.2, 0.25) is 0 Å². The van der Waals surface area contributed by atoms with Crippen LogP contribution in [0.25, 0.3) is 0 Å². The van der Waals surface area contributed by atoms with E-state index in [1.165, 1.54) is 17.8 Å². The highest BCUT2D eigenvalue weighted by atomic mass is 32.1. The number of thiazole rings is 1. The minimum atomic E-state index is 0.383. The van der Waals surface area contributed by atoms with Crippen molar-refractivity contribution >= 4 is 11.3 Å². The van der Waals surface area contributed by atoms with Crippen LogP contribution in [0.1, 0.15) is 24.8 Å². The highest BCUT2D eigenvalue weighted by Gasteiger charge is 2.25. The van der Waals surface area contributed by atoms with Crippen LogP contribution in [-0.4, -0.2) is 30.3 Å². The van der Waals surface area contributed by atoms with E-state index in [-0.39, 0.29) is 0 Å². The minimum absolute atomic E-state index is 0.383. The molecule has 2 atom stereocenters. The van der Waals surface area contributed by atoms with Gasteiger partial charge in [0, 0.05) is 30.6 Å². The predicted octanol–water partition coefficient (Wildman–Crippen LogP) is 1.84. The van der Waals surface area contributed by atoms with E-state index in [0.29, 0.717) is 12.1 Å². The lowest BCUT2D eigenvalue weighted by atomic mass is 10.1. The third kappa shape index (κ3) is 3.00. The molecule has 3 nitrogen and oxygen atoms in total. The molecule has 1 aromatic rings. The minimum Gasteiger partial charge on any atom is -0.377 e. The first-order chi connectivity index (χ1) is 7.40. The van der Waals surface area contributed by atoms with E-state index in [2.05, 4.69) is 17.2 Å². The number of hydrogen-bond acceptors (Lipinski definition) is 4. The first-order valence-electron chi connectivity index (χ1n) is 5.63. The van der Waals surface area contributed by atoms with Gasteiger partial charge in [-0.1, -0.05) is 6.92 Å². The Bertz CT molecular complexity index is 270. The van der Waals surface area contributed by atoms with Crippen LogP contribution < -0.4 is 5.32 Å². The topological polar surface area (TPSA) is 34.2 Å². The van der Waals surface area contributed by atoms with Crippen molar-refractivity contribution in [3.8, 4) is 0 Å². The molecule has 1 saturated heterocycles. The van der Waals surface area contributed by atoms with Crippen LogP contribution in [0.2, 0.25) is 0 Å². The molecule has 1 aromatic heterocycles. The third-order valence-corrected chi connectivity index (χ3v) is 3.56. The van der Waals surface area contributed by atoms with Crippen LogP contribution in [0.4, 0.5) is 0 Å². The number of nitrogens with zero attached hydrogens (tertiary/aromatic N) is 1. The van der Waals surface area contributed by atoms with Crippen LogP contribution in [0, 0.1) is 0 Å². The Morgan fingerprint density at radius 1 is 1.73 bits per heavy atom. The molecule has 2 unspecified atom stereocenters. The molecular weight excluding hydrogens is 208 g/mol. The molecule has 0 aliphatic carbocycles. The zero-order valence-corrected chi connectivity index (χ0v) is 9.93. The van der Waals surface area contributed by atoms with Crippen LogP contribution in [0.15, 0.2) is 11.6 Å². The lowest BCUT2D eigenvalue weighted by Crippen LogP contribution is -2.41. The van der Waals surface area contributed by atoms with Crippen molar-refractivity contribution in [1.29, 1.82) is 0 Å². The second-order valence-corrected chi connectivity index (χ2v) is 4.82. The molecule has 1 fully saturated rings. The van der Waals surface area contributed by atoms with Gasteiger partial charge in [0.05, 0.1) is 11.1 Å². The first-order valence-corrected chi connectivity index (χ1v) is 6.51. The maximum absolute atomic E-state index is 5.73. The Morgan fingerprint density at radius 2 is 2.67 bits per heavy atom. The largest absolute Gasteiger partial charge is 0.377 e. The van der Waals surface area contributed by atoms with Crippen LogP contribution in [0.5, 0.6) is 0 Å². The summed E-state index contributed by atoms with van der Waals surface area (Å²) in [6, 6.07) is 0.434. The number of rotatable bonds is 5. The lowest BCUT2D eigenvalue weighted by molar-refractivity contribution is 0.0789. The molecule has 1 aliphatic heterocycles. The zero-order chi connectivity index (χ0) is 10.5. The molecule has 2 heterocycles. The Balaban J connectivity index is 1.93. The van der Waals surface area contributed by atoms with E-state index in [1.807, 2.05) is 11.6 Å². The summed E-state index contributed by atoms with van der Waals surface area (Å²) in [5.41, 5.74) is 0. The molecule has 1 N–H and O–H groups in total. The lowest BCUT2D eigenvalue weighted by Gasteiger charge is -2.22. The fourth-order valence-corrected chi connectivity index (χ4v) is 2.74. The number of nitrogens with one attached hydrogen (secondary N) is 1. The van der Waals surface area contributed by atoms with Gasteiger partial charge in [0.25, 0.3) is 0 Å². The van der Waals surface area contributed by atoms with E-state index in [0.717, 1.165) is 19.6 Å². The van der Waals surface area contributed by atoms with Crippen LogP contribution in [0.3, 0.4) is 0 Å². The van der Waals surface area contributed by atoms with Gasteiger partial charge in [-0.05, 0) is 19.4 Å². The van der Waals surface area contributed by atoms with Crippen molar-refractivity contribution in [3.05, 3.63) is 16.6 Å². The summed E-state index contributed by atoms with van der Waals surface area (Å²) >= 11 is 1.73. The summed E-state index contributed by atoms with van der Waals surface area (Å²) < 4.78 is 5.73. The summed E-state index contributed by atoms with van der Waals surface area (Å²) in [6.07, 6.45) is 5.64. The molecule has 0 saturated carbocycles. The molecule has 2 rings (SSSR count). The fourth-order valence-electron chi connectivity index (χ4n) is 2.06. The first kappa shape index (κ1) is 11.0. The Morgan fingerprint density at radius 3 is 3.27 bits per heavy atom. The smallest absolute Gasteiger partial charge is 0.0941 e. The maximum Gasteiger partial charge on any atom is 0.0941 e. The molecule has 84 valence electrons. The Hall–Kier alpha value is -0.450. The van der Waals surface area contributed by atoms with E-state index >= 15 is 0 Å². The third-order valence-electron chi connectivity index (χ3n) is 2.76. The second-order valence-electron chi connectivity index (χ2n) is 3.85. The van der Waals surface area contributed by atoms with Crippen molar-refractivity contribution in [2.45, 2.75) is 38.3 Å². The monoisotopic (exact) mass is 226 g/mol. The normalized spacial score (nSPS) is 23.1. The van der Waals surface area contributed by atoms with E-state index < -0.39 is 0 Å². The van der Waals surface area contributed by atoms with Gasteiger partial charge in [-0.2, -0.15) is 0 Å². The summed E-state index contributed by atoms with van der Waals surface area (Å²) in [7, 11) is 0.